The number of alkyl halides is 1. The fourth-order valence-corrected chi connectivity index (χ4v) is 3.61. The molecule has 1 aromatic heterocycles. The maximum absolute atomic E-state index is 11.8. The van der Waals surface area contributed by atoms with E-state index in [0.717, 1.165) is 4.88 Å². The molecular weight excluding hydrogens is 266 g/mol. The normalized spacial score (nSPS) is 14.3. The molecule has 0 spiro atoms. The molecule has 1 atom stereocenters. The van der Waals surface area contributed by atoms with E-state index in [2.05, 4.69) is 4.72 Å². The summed E-state index contributed by atoms with van der Waals surface area (Å²) in [6, 6.07) is 3.40. The second kappa shape index (κ2) is 5.49. The summed E-state index contributed by atoms with van der Waals surface area (Å²) in [4.78, 5) is 0.978. The lowest BCUT2D eigenvalue weighted by molar-refractivity contribution is 0.557. The van der Waals surface area contributed by atoms with Crippen molar-refractivity contribution in [2.45, 2.75) is 30.4 Å². The van der Waals surface area contributed by atoms with Crippen molar-refractivity contribution in [1.29, 1.82) is 0 Å². The van der Waals surface area contributed by atoms with Crippen LogP contribution in [0.2, 0.25) is 0 Å². The average Bonchev–Trinajstić information content (AvgIpc) is 2.61. The summed E-state index contributed by atoms with van der Waals surface area (Å²) in [5, 5.41) is -0.184. The van der Waals surface area contributed by atoms with Crippen LogP contribution >= 0.6 is 22.9 Å². The van der Waals surface area contributed by atoms with Gasteiger partial charge in [-0.2, -0.15) is 0 Å². The highest BCUT2D eigenvalue weighted by Crippen LogP contribution is 2.20. The summed E-state index contributed by atoms with van der Waals surface area (Å²) in [6.45, 7) is 6.06. The van der Waals surface area contributed by atoms with Gasteiger partial charge in [-0.15, -0.1) is 22.9 Å². The summed E-state index contributed by atoms with van der Waals surface area (Å²) >= 11 is 7.25. The van der Waals surface area contributed by atoms with Crippen LogP contribution < -0.4 is 4.72 Å². The van der Waals surface area contributed by atoms with Gasteiger partial charge in [-0.05, 0) is 25.0 Å². The Hall–Kier alpha value is -0.100. The fourth-order valence-electron chi connectivity index (χ4n) is 1.05. The van der Waals surface area contributed by atoms with E-state index in [4.69, 9.17) is 11.6 Å². The number of hydrogen-bond donors (Lipinski definition) is 1. The smallest absolute Gasteiger partial charge is 0.209 e. The molecule has 0 aromatic carbocycles. The molecule has 1 N–H and O–H groups in total. The van der Waals surface area contributed by atoms with Crippen LogP contribution in [-0.2, 0) is 10.0 Å². The van der Waals surface area contributed by atoms with E-state index < -0.39 is 10.0 Å². The topological polar surface area (TPSA) is 46.2 Å². The van der Waals surface area contributed by atoms with Crippen molar-refractivity contribution >= 4 is 33.0 Å². The Morgan fingerprint density at radius 3 is 2.50 bits per heavy atom. The van der Waals surface area contributed by atoms with Crippen LogP contribution in [0.25, 0.3) is 0 Å². The zero-order valence-electron chi connectivity index (χ0n) is 9.53. The van der Waals surface area contributed by atoms with Crippen LogP contribution in [-0.4, -0.2) is 20.3 Å². The molecule has 0 amide bonds. The molecule has 0 bridgehead atoms. The summed E-state index contributed by atoms with van der Waals surface area (Å²) in [5.41, 5.74) is 0. The first kappa shape index (κ1) is 14.0. The van der Waals surface area contributed by atoms with Crippen molar-refractivity contribution in [2.24, 2.45) is 5.92 Å². The van der Waals surface area contributed by atoms with Gasteiger partial charge < -0.3 is 0 Å². The Bertz CT molecular complexity index is 439. The Morgan fingerprint density at radius 1 is 1.44 bits per heavy atom. The summed E-state index contributed by atoms with van der Waals surface area (Å²) in [6.07, 6.45) is 0. The Morgan fingerprint density at radius 2 is 2.06 bits per heavy atom. The van der Waals surface area contributed by atoms with Gasteiger partial charge in [0.1, 0.15) is 4.21 Å². The standard InChI is InChI=1S/C10H16ClNO2S2/c1-7(2)9(11)6-12-16(13,14)10-5-4-8(3)15-10/h4-5,7,9,12H,6H2,1-3H3. The predicted octanol–water partition coefficient (Wildman–Crippen LogP) is 2.60. The highest BCUT2D eigenvalue weighted by molar-refractivity contribution is 7.91. The van der Waals surface area contributed by atoms with Crippen molar-refractivity contribution in [3.05, 3.63) is 17.0 Å². The van der Waals surface area contributed by atoms with Crippen molar-refractivity contribution in [2.75, 3.05) is 6.54 Å². The van der Waals surface area contributed by atoms with E-state index in [-0.39, 0.29) is 17.8 Å². The first-order chi connectivity index (χ1) is 7.33. The van der Waals surface area contributed by atoms with E-state index in [1.807, 2.05) is 20.8 Å². The third kappa shape index (κ3) is 3.73. The summed E-state index contributed by atoms with van der Waals surface area (Å²) in [7, 11) is -3.38. The first-order valence-corrected chi connectivity index (χ1v) is 7.76. The third-order valence-electron chi connectivity index (χ3n) is 2.17. The highest BCUT2D eigenvalue weighted by atomic mass is 35.5. The SMILES string of the molecule is Cc1ccc(S(=O)(=O)NCC(Cl)C(C)C)s1. The lowest BCUT2D eigenvalue weighted by Crippen LogP contribution is -2.31. The van der Waals surface area contributed by atoms with E-state index in [1.165, 1.54) is 11.3 Å². The number of thiophene rings is 1. The van der Waals surface area contributed by atoms with Crippen LogP contribution in [0.15, 0.2) is 16.3 Å². The van der Waals surface area contributed by atoms with E-state index in [9.17, 15) is 8.42 Å². The average molecular weight is 282 g/mol. The number of rotatable bonds is 5. The van der Waals surface area contributed by atoms with Crippen LogP contribution in [0.1, 0.15) is 18.7 Å². The molecule has 1 heterocycles. The second-order valence-electron chi connectivity index (χ2n) is 3.98. The zero-order valence-corrected chi connectivity index (χ0v) is 11.9. The molecule has 1 unspecified atom stereocenters. The molecule has 16 heavy (non-hydrogen) atoms. The Kier molecular flexibility index (Phi) is 4.79. The van der Waals surface area contributed by atoms with Gasteiger partial charge in [-0.1, -0.05) is 13.8 Å². The molecule has 0 saturated heterocycles. The number of aryl methyl sites for hydroxylation is 1. The van der Waals surface area contributed by atoms with Gasteiger partial charge in [0.2, 0.25) is 10.0 Å². The molecule has 92 valence electrons. The van der Waals surface area contributed by atoms with Crippen LogP contribution in [0.3, 0.4) is 0 Å². The lowest BCUT2D eigenvalue weighted by Gasteiger charge is -2.13. The molecule has 0 saturated carbocycles. The van der Waals surface area contributed by atoms with Gasteiger partial charge in [-0.3, -0.25) is 0 Å². The Labute approximate surface area is 106 Å². The molecule has 1 aromatic rings. The fraction of sp³-hybridized carbons (Fsp3) is 0.600. The third-order valence-corrected chi connectivity index (χ3v) is 5.75. The van der Waals surface area contributed by atoms with Gasteiger partial charge in [-0.25, -0.2) is 13.1 Å². The van der Waals surface area contributed by atoms with Gasteiger partial charge in [0, 0.05) is 16.8 Å². The molecule has 0 radical (unpaired) electrons. The molecule has 3 nitrogen and oxygen atoms in total. The van der Waals surface area contributed by atoms with Crippen molar-refractivity contribution in [3.63, 3.8) is 0 Å². The number of halogens is 1. The Balaban J connectivity index is 2.67. The van der Waals surface area contributed by atoms with Crippen molar-refractivity contribution in [3.8, 4) is 0 Å². The molecular formula is C10H16ClNO2S2. The van der Waals surface area contributed by atoms with Gasteiger partial charge in [0.05, 0.1) is 0 Å². The monoisotopic (exact) mass is 281 g/mol. The molecule has 1 rings (SSSR count). The lowest BCUT2D eigenvalue weighted by atomic mass is 10.1. The molecule has 6 heteroatoms. The number of nitrogens with one attached hydrogen (secondary N) is 1. The molecule has 0 aliphatic heterocycles. The quantitative estimate of drug-likeness (QED) is 0.844. The minimum Gasteiger partial charge on any atom is -0.209 e. The predicted molar refractivity (Wildman–Crippen MR) is 68.7 cm³/mol. The minimum absolute atomic E-state index is 0.184. The number of hydrogen-bond acceptors (Lipinski definition) is 3. The zero-order chi connectivity index (χ0) is 12.3. The first-order valence-electron chi connectivity index (χ1n) is 5.03. The largest absolute Gasteiger partial charge is 0.250 e. The second-order valence-corrected chi connectivity index (χ2v) is 7.82. The maximum Gasteiger partial charge on any atom is 0.250 e. The van der Waals surface area contributed by atoms with Gasteiger partial charge in [0.15, 0.2) is 0 Å². The number of sulfonamides is 1. The molecule has 0 fully saturated rings. The molecule has 0 aliphatic carbocycles. The van der Waals surface area contributed by atoms with Crippen molar-refractivity contribution in [1.82, 2.24) is 4.72 Å². The highest BCUT2D eigenvalue weighted by Gasteiger charge is 2.18. The van der Waals surface area contributed by atoms with Gasteiger partial charge in [0.25, 0.3) is 0 Å². The van der Waals surface area contributed by atoms with Crippen LogP contribution in [0.5, 0.6) is 0 Å². The van der Waals surface area contributed by atoms with E-state index in [0.29, 0.717) is 4.21 Å². The van der Waals surface area contributed by atoms with Crippen LogP contribution in [0, 0.1) is 12.8 Å². The van der Waals surface area contributed by atoms with E-state index >= 15 is 0 Å². The van der Waals surface area contributed by atoms with Gasteiger partial charge >= 0.3 is 0 Å². The van der Waals surface area contributed by atoms with Crippen molar-refractivity contribution < 1.29 is 8.42 Å². The summed E-state index contributed by atoms with van der Waals surface area (Å²) < 4.78 is 26.5. The van der Waals surface area contributed by atoms with E-state index in [1.54, 1.807) is 12.1 Å². The minimum atomic E-state index is -3.38. The maximum atomic E-state index is 11.8. The summed E-state index contributed by atoms with van der Waals surface area (Å²) in [5.74, 6) is 0.245. The van der Waals surface area contributed by atoms with Crippen LogP contribution in [0.4, 0.5) is 0 Å². The molecule has 0 aliphatic rings.